The summed E-state index contributed by atoms with van der Waals surface area (Å²) in [6.07, 6.45) is 0. The van der Waals surface area contributed by atoms with Crippen LogP contribution in [0.4, 0.5) is 11.4 Å². The van der Waals surface area contributed by atoms with Gasteiger partial charge in [0.2, 0.25) is 17.7 Å². The summed E-state index contributed by atoms with van der Waals surface area (Å²) in [6, 6.07) is 15.5. The number of para-hydroxylation sites is 1. The van der Waals surface area contributed by atoms with Crippen molar-refractivity contribution in [1.29, 1.82) is 5.26 Å². The predicted molar refractivity (Wildman–Crippen MR) is 138 cm³/mol. The minimum absolute atomic E-state index is 0.0687. The van der Waals surface area contributed by atoms with Crippen LogP contribution in [0.25, 0.3) is 0 Å². The molecule has 2 aliphatic heterocycles. The molecule has 3 heterocycles. The minimum Gasteiger partial charge on any atom is -0.465 e. The molecule has 3 aromatic rings. The van der Waals surface area contributed by atoms with E-state index in [1.807, 2.05) is 6.07 Å². The molecular formula is C26H19ClN4O5S. The Bertz CT molecular complexity index is 1570. The van der Waals surface area contributed by atoms with Crippen LogP contribution in [0.5, 0.6) is 5.75 Å². The molecule has 0 aliphatic carbocycles. The molecule has 9 nitrogen and oxygen atoms in total. The molecule has 186 valence electrons. The second-order valence-electron chi connectivity index (χ2n) is 8.35. The molecule has 5 rings (SSSR count). The van der Waals surface area contributed by atoms with Gasteiger partial charge in [-0.3, -0.25) is 9.59 Å². The van der Waals surface area contributed by atoms with Gasteiger partial charge in [0.15, 0.2) is 11.2 Å². The van der Waals surface area contributed by atoms with Crippen LogP contribution in [0.3, 0.4) is 0 Å². The van der Waals surface area contributed by atoms with Gasteiger partial charge in [-0.1, -0.05) is 35.9 Å². The van der Waals surface area contributed by atoms with Gasteiger partial charge in [-0.2, -0.15) is 5.26 Å². The summed E-state index contributed by atoms with van der Waals surface area (Å²) in [4.78, 5) is 42.1. The van der Waals surface area contributed by atoms with E-state index in [0.717, 1.165) is 11.3 Å². The molecule has 0 bridgehead atoms. The number of halogens is 1. The maximum Gasteiger partial charge on any atom is 0.342 e. The number of ether oxygens (including phenoxy) is 2. The van der Waals surface area contributed by atoms with Gasteiger partial charge in [-0.15, -0.1) is 11.3 Å². The van der Waals surface area contributed by atoms with Gasteiger partial charge in [0.05, 0.1) is 12.0 Å². The monoisotopic (exact) mass is 534 g/mol. The number of benzene rings is 2. The van der Waals surface area contributed by atoms with E-state index in [-0.39, 0.29) is 29.3 Å². The number of anilines is 2. The third kappa shape index (κ3) is 3.55. The average Bonchev–Trinajstić information content (AvgIpc) is 3.32. The topological polar surface area (TPSA) is 135 Å². The van der Waals surface area contributed by atoms with E-state index in [9.17, 15) is 19.6 Å². The quantitative estimate of drug-likeness (QED) is 0.485. The fraction of sp³-hybridized carbons (Fsp3) is 0.154. The summed E-state index contributed by atoms with van der Waals surface area (Å²) < 4.78 is 10.7. The van der Waals surface area contributed by atoms with Gasteiger partial charge in [-0.25, -0.2) is 4.79 Å². The molecule has 11 heteroatoms. The van der Waals surface area contributed by atoms with E-state index in [1.54, 1.807) is 55.5 Å². The van der Waals surface area contributed by atoms with E-state index in [0.29, 0.717) is 31.7 Å². The van der Waals surface area contributed by atoms with E-state index in [2.05, 4.69) is 5.32 Å². The lowest BCUT2D eigenvalue weighted by Crippen LogP contribution is -2.47. The number of nitrogens with zero attached hydrogens (tertiary/aromatic N) is 2. The van der Waals surface area contributed by atoms with Crippen molar-refractivity contribution in [3.05, 3.63) is 85.9 Å². The molecule has 1 aromatic heterocycles. The van der Waals surface area contributed by atoms with Crippen LogP contribution in [0.1, 0.15) is 25.7 Å². The third-order valence-corrected chi connectivity index (χ3v) is 7.73. The first-order valence-corrected chi connectivity index (χ1v) is 12.2. The first kappa shape index (κ1) is 24.4. The summed E-state index contributed by atoms with van der Waals surface area (Å²) in [7, 11) is 1.24. The summed E-state index contributed by atoms with van der Waals surface area (Å²) in [5, 5.41) is 13.3. The smallest absolute Gasteiger partial charge is 0.342 e. The van der Waals surface area contributed by atoms with Gasteiger partial charge in [0.1, 0.15) is 23.8 Å². The van der Waals surface area contributed by atoms with E-state index in [4.69, 9.17) is 26.8 Å². The lowest BCUT2D eigenvalue weighted by molar-refractivity contribution is -0.123. The molecule has 2 aromatic carbocycles. The Labute approximate surface area is 220 Å². The van der Waals surface area contributed by atoms with Crippen LogP contribution in [0.15, 0.2) is 60.0 Å². The molecule has 0 saturated carbocycles. The van der Waals surface area contributed by atoms with Crippen molar-refractivity contribution in [3.63, 3.8) is 0 Å². The number of fused-ring (bicyclic) bond motifs is 4. The average molecular weight is 535 g/mol. The van der Waals surface area contributed by atoms with Crippen molar-refractivity contribution in [2.45, 2.75) is 12.3 Å². The van der Waals surface area contributed by atoms with Crippen molar-refractivity contribution >= 4 is 52.1 Å². The molecule has 1 unspecified atom stereocenters. The number of thiophene rings is 1. The second kappa shape index (κ2) is 8.96. The van der Waals surface area contributed by atoms with Crippen LogP contribution in [0.2, 0.25) is 5.02 Å². The number of aryl methyl sites for hydroxylation is 1. The molecule has 0 radical (unpaired) electrons. The highest BCUT2D eigenvalue weighted by molar-refractivity contribution is 7.13. The maximum atomic E-state index is 14.3. The zero-order valence-electron chi connectivity index (χ0n) is 19.6. The number of nitriles is 1. The van der Waals surface area contributed by atoms with Crippen LogP contribution in [0, 0.1) is 18.3 Å². The first-order chi connectivity index (χ1) is 17.7. The number of hydrogen-bond acceptors (Lipinski definition) is 8. The number of nitrogens with one attached hydrogen (secondary N) is 1. The number of esters is 1. The van der Waals surface area contributed by atoms with Crippen LogP contribution < -0.4 is 20.7 Å². The van der Waals surface area contributed by atoms with Crippen molar-refractivity contribution in [3.8, 4) is 11.8 Å². The largest absolute Gasteiger partial charge is 0.465 e. The number of rotatable bonds is 4. The molecule has 1 atom stereocenters. The molecule has 1 spiro atoms. The fourth-order valence-electron chi connectivity index (χ4n) is 4.79. The number of nitrogens with two attached hydrogens (primary N) is 1. The summed E-state index contributed by atoms with van der Waals surface area (Å²) >= 11 is 7.16. The first-order valence-electron chi connectivity index (χ1n) is 11.0. The van der Waals surface area contributed by atoms with Crippen LogP contribution in [-0.4, -0.2) is 31.4 Å². The summed E-state index contributed by atoms with van der Waals surface area (Å²) in [5.74, 6) is -1.92. The third-order valence-electron chi connectivity index (χ3n) is 6.29. The highest BCUT2D eigenvalue weighted by atomic mass is 35.5. The van der Waals surface area contributed by atoms with Gasteiger partial charge < -0.3 is 25.4 Å². The highest BCUT2D eigenvalue weighted by Crippen LogP contribution is 2.58. The number of carbonyl (C=O) groups is 3. The van der Waals surface area contributed by atoms with Crippen LogP contribution >= 0.6 is 22.9 Å². The lowest BCUT2D eigenvalue weighted by Gasteiger charge is -2.32. The normalized spacial score (nSPS) is 17.7. The Kier molecular flexibility index (Phi) is 5.90. The molecular weight excluding hydrogens is 516 g/mol. The molecule has 2 aliphatic rings. The Balaban J connectivity index is 1.66. The van der Waals surface area contributed by atoms with Gasteiger partial charge in [-0.05, 0) is 31.2 Å². The summed E-state index contributed by atoms with van der Waals surface area (Å²) in [6.45, 7) is 1.35. The van der Waals surface area contributed by atoms with Gasteiger partial charge >= 0.3 is 5.97 Å². The summed E-state index contributed by atoms with van der Waals surface area (Å²) in [5.41, 5.74) is 5.87. The molecule has 2 amide bonds. The van der Waals surface area contributed by atoms with Gasteiger partial charge in [0, 0.05) is 26.8 Å². The second-order valence-corrected chi connectivity index (χ2v) is 10.0. The lowest BCUT2D eigenvalue weighted by atomic mass is 9.72. The standard InChI is InChI=1S/C26H19ClN4O5S/c1-13-20(24(33)35-2)21-22(37-13)26(17(11-28)23(29)36-21)16-8-3-4-9-18(16)31(25(26)34)12-19(32)30-15-7-5-6-14(27)10-15/h3-10H,12,29H2,1-2H3,(H,30,32). The molecule has 3 N–H and O–H groups in total. The number of carbonyl (C=O) groups excluding carboxylic acids is 3. The minimum atomic E-state index is -1.69. The van der Waals surface area contributed by atoms with Crippen molar-refractivity contribution < 1.29 is 23.9 Å². The van der Waals surface area contributed by atoms with Gasteiger partial charge in [0.25, 0.3) is 0 Å². The molecule has 0 fully saturated rings. The Morgan fingerprint density at radius 1 is 1.27 bits per heavy atom. The number of methoxy groups -OCH3 is 1. The fourth-order valence-corrected chi connectivity index (χ4v) is 6.25. The van der Waals surface area contributed by atoms with Crippen molar-refractivity contribution in [1.82, 2.24) is 0 Å². The SMILES string of the molecule is COC(=O)c1c(C)sc2c1OC(N)=C(C#N)C21C(=O)N(CC(=O)Nc2cccc(Cl)c2)c2ccccc21. The zero-order valence-corrected chi connectivity index (χ0v) is 21.2. The molecule has 0 saturated heterocycles. The van der Waals surface area contributed by atoms with E-state index >= 15 is 0 Å². The van der Waals surface area contributed by atoms with Crippen molar-refractivity contribution in [2.75, 3.05) is 23.9 Å². The highest BCUT2D eigenvalue weighted by Gasteiger charge is 2.61. The Morgan fingerprint density at radius 3 is 2.73 bits per heavy atom. The number of hydrogen-bond donors (Lipinski definition) is 2. The maximum absolute atomic E-state index is 14.3. The van der Waals surface area contributed by atoms with E-state index in [1.165, 1.54) is 12.0 Å². The van der Waals surface area contributed by atoms with Crippen LogP contribution in [-0.2, 0) is 19.7 Å². The Morgan fingerprint density at radius 2 is 2.03 bits per heavy atom. The predicted octanol–water partition coefficient (Wildman–Crippen LogP) is 3.85. The van der Waals surface area contributed by atoms with E-state index < -0.39 is 23.2 Å². The zero-order chi connectivity index (χ0) is 26.5. The Hall–Kier alpha value is -4.33. The number of amides is 2. The molecule has 37 heavy (non-hydrogen) atoms. The van der Waals surface area contributed by atoms with Crippen molar-refractivity contribution in [2.24, 2.45) is 5.73 Å².